The average Bonchev–Trinajstić information content (AvgIpc) is 2.44. The van der Waals surface area contributed by atoms with E-state index in [1.807, 2.05) is 4.90 Å². The van der Waals surface area contributed by atoms with Gasteiger partial charge in [0.1, 0.15) is 0 Å². The summed E-state index contributed by atoms with van der Waals surface area (Å²) in [5.74, 6) is 1.04. The second-order valence-corrected chi connectivity index (χ2v) is 7.18. The molecule has 116 valence electrons. The maximum Gasteiger partial charge on any atom is 0.219 e. The van der Waals surface area contributed by atoms with Crippen LogP contribution in [0, 0.1) is 0 Å². The Morgan fingerprint density at radius 2 is 1.75 bits per heavy atom. The number of sulfone groups is 1. The summed E-state index contributed by atoms with van der Waals surface area (Å²) in [5.41, 5.74) is 0. The minimum Gasteiger partial charge on any atom is -0.355 e. The first kappa shape index (κ1) is 16.7. The predicted molar refractivity (Wildman–Crippen MR) is 79.5 cm³/mol. The number of guanidine groups is 1. The van der Waals surface area contributed by atoms with Crippen LogP contribution in [0.5, 0.6) is 0 Å². The summed E-state index contributed by atoms with van der Waals surface area (Å²) in [7, 11) is -1.29. The van der Waals surface area contributed by atoms with Crippen molar-refractivity contribution in [1.29, 1.82) is 0 Å². The van der Waals surface area contributed by atoms with Gasteiger partial charge in [0.2, 0.25) is 5.91 Å². The van der Waals surface area contributed by atoms with Gasteiger partial charge in [-0.25, -0.2) is 8.42 Å². The van der Waals surface area contributed by atoms with Gasteiger partial charge < -0.3 is 15.1 Å². The van der Waals surface area contributed by atoms with E-state index in [4.69, 9.17) is 0 Å². The summed E-state index contributed by atoms with van der Waals surface area (Å²) in [6.07, 6.45) is 0. The Balaban J connectivity index is 2.43. The molecule has 7 nitrogen and oxygen atoms in total. The molecule has 0 aromatic carbocycles. The van der Waals surface area contributed by atoms with Crippen LogP contribution in [0.15, 0.2) is 4.99 Å². The fourth-order valence-corrected chi connectivity index (χ4v) is 2.73. The lowest BCUT2D eigenvalue weighted by Crippen LogP contribution is -2.53. The van der Waals surface area contributed by atoms with Crippen molar-refractivity contribution in [1.82, 2.24) is 15.1 Å². The third-order valence-electron chi connectivity index (χ3n) is 3.37. The van der Waals surface area contributed by atoms with Crippen molar-refractivity contribution in [2.45, 2.75) is 13.8 Å². The Kier molecular flexibility index (Phi) is 6.25. The third kappa shape index (κ3) is 4.99. The van der Waals surface area contributed by atoms with Crippen molar-refractivity contribution in [2.75, 3.05) is 51.3 Å². The number of carbonyl (C=O) groups excluding carboxylic acids is 1. The van der Waals surface area contributed by atoms with Crippen molar-refractivity contribution >= 4 is 21.7 Å². The number of aliphatic imine (C=N–C) groups is 1. The Labute approximate surface area is 120 Å². The van der Waals surface area contributed by atoms with Crippen LogP contribution in [0.1, 0.15) is 13.8 Å². The summed E-state index contributed by atoms with van der Waals surface area (Å²) >= 11 is 0. The van der Waals surface area contributed by atoms with Crippen LogP contribution in [0.3, 0.4) is 0 Å². The fraction of sp³-hybridized carbons (Fsp3) is 0.833. The summed E-state index contributed by atoms with van der Waals surface area (Å²) < 4.78 is 22.9. The van der Waals surface area contributed by atoms with Crippen LogP contribution in [0.4, 0.5) is 0 Å². The Hall–Kier alpha value is -1.31. The van der Waals surface area contributed by atoms with Gasteiger partial charge in [0.15, 0.2) is 15.8 Å². The molecule has 1 aliphatic heterocycles. The monoisotopic (exact) mass is 304 g/mol. The number of hydrogen-bond acceptors (Lipinski definition) is 4. The molecule has 20 heavy (non-hydrogen) atoms. The standard InChI is InChI=1S/C12H24N4O3S/c1-4-20(18,19)10-5-14-12(13-3)16-8-6-15(7-9-16)11(2)17/h4-10H2,1-3H3,(H,13,14). The van der Waals surface area contributed by atoms with Gasteiger partial charge in [0.05, 0.1) is 5.75 Å². The lowest BCUT2D eigenvalue weighted by Gasteiger charge is -2.36. The van der Waals surface area contributed by atoms with Crippen LogP contribution >= 0.6 is 0 Å². The zero-order chi connectivity index (χ0) is 15.2. The highest BCUT2D eigenvalue weighted by Gasteiger charge is 2.20. The maximum absolute atomic E-state index is 11.4. The van der Waals surface area contributed by atoms with Gasteiger partial charge in [-0.1, -0.05) is 6.92 Å². The minimum atomic E-state index is -2.96. The van der Waals surface area contributed by atoms with E-state index in [1.165, 1.54) is 0 Å². The van der Waals surface area contributed by atoms with E-state index in [2.05, 4.69) is 10.3 Å². The summed E-state index contributed by atoms with van der Waals surface area (Å²) in [6, 6.07) is 0. The molecule has 0 saturated carbocycles. The molecular weight excluding hydrogens is 280 g/mol. The SMILES string of the molecule is CCS(=O)(=O)CCNC(=NC)N1CCN(C(C)=O)CC1. The molecule has 0 spiro atoms. The summed E-state index contributed by atoms with van der Waals surface area (Å²) in [4.78, 5) is 19.3. The van der Waals surface area contributed by atoms with Gasteiger partial charge in [-0.05, 0) is 0 Å². The van der Waals surface area contributed by atoms with Crippen LogP contribution in [0.25, 0.3) is 0 Å². The van der Waals surface area contributed by atoms with E-state index < -0.39 is 9.84 Å². The normalized spacial score (nSPS) is 17.2. The number of hydrogen-bond donors (Lipinski definition) is 1. The van der Waals surface area contributed by atoms with E-state index in [0.717, 1.165) is 0 Å². The molecule has 0 aromatic rings. The molecule has 8 heteroatoms. The molecular formula is C12H24N4O3S. The predicted octanol–water partition coefficient (Wildman–Crippen LogP) is -0.839. The molecule has 1 saturated heterocycles. The zero-order valence-electron chi connectivity index (χ0n) is 12.4. The highest BCUT2D eigenvalue weighted by molar-refractivity contribution is 7.91. The second kappa shape index (κ2) is 7.47. The number of nitrogens with zero attached hydrogens (tertiary/aromatic N) is 3. The zero-order valence-corrected chi connectivity index (χ0v) is 13.2. The van der Waals surface area contributed by atoms with Gasteiger partial charge >= 0.3 is 0 Å². The quantitative estimate of drug-likeness (QED) is 0.541. The maximum atomic E-state index is 11.4. The molecule has 0 aromatic heterocycles. The van der Waals surface area contributed by atoms with Crippen molar-refractivity contribution < 1.29 is 13.2 Å². The average molecular weight is 304 g/mol. The second-order valence-electron chi connectivity index (χ2n) is 4.70. The van der Waals surface area contributed by atoms with Crippen LogP contribution in [0.2, 0.25) is 0 Å². The molecule has 1 heterocycles. The highest BCUT2D eigenvalue weighted by atomic mass is 32.2. The first-order valence-electron chi connectivity index (χ1n) is 6.81. The van der Waals surface area contributed by atoms with Crippen molar-refractivity contribution in [3.05, 3.63) is 0 Å². The van der Waals surface area contributed by atoms with Crippen LogP contribution in [-0.2, 0) is 14.6 Å². The molecule has 0 radical (unpaired) electrons. The van der Waals surface area contributed by atoms with Gasteiger partial charge in [-0.2, -0.15) is 0 Å². The van der Waals surface area contributed by atoms with Crippen LogP contribution < -0.4 is 5.32 Å². The Morgan fingerprint density at radius 3 is 2.20 bits per heavy atom. The van der Waals surface area contributed by atoms with E-state index in [-0.39, 0.29) is 17.4 Å². The largest absolute Gasteiger partial charge is 0.355 e. The van der Waals surface area contributed by atoms with Crippen molar-refractivity contribution in [3.63, 3.8) is 0 Å². The van der Waals surface area contributed by atoms with Gasteiger partial charge in [-0.15, -0.1) is 0 Å². The smallest absolute Gasteiger partial charge is 0.219 e. The molecule has 0 atom stereocenters. The third-order valence-corrected chi connectivity index (χ3v) is 5.08. The van der Waals surface area contributed by atoms with E-state index in [9.17, 15) is 13.2 Å². The first-order chi connectivity index (χ1) is 9.39. The molecule has 0 unspecified atom stereocenters. The Bertz CT molecular complexity index is 453. The molecule has 1 aliphatic rings. The molecule has 1 N–H and O–H groups in total. The van der Waals surface area contributed by atoms with Gasteiger partial charge in [0.25, 0.3) is 0 Å². The lowest BCUT2D eigenvalue weighted by molar-refractivity contribution is -0.130. The van der Waals surface area contributed by atoms with E-state index in [1.54, 1.807) is 25.8 Å². The van der Waals surface area contributed by atoms with Crippen molar-refractivity contribution in [3.8, 4) is 0 Å². The number of rotatable bonds is 4. The van der Waals surface area contributed by atoms with Gasteiger partial charge in [0, 0.05) is 52.4 Å². The summed E-state index contributed by atoms with van der Waals surface area (Å²) in [6.45, 7) is 6.32. The number of piperazine rings is 1. The molecule has 0 bridgehead atoms. The number of amides is 1. The van der Waals surface area contributed by atoms with Crippen LogP contribution in [-0.4, -0.2) is 81.4 Å². The lowest BCUT2D eigenvalue weighted by atomic mass is 10.3. The minimum absolute atomic E-state index is 0.0848. The topological polar surface area (TPSA) is 82.1 Å². The number of nitrogens with one attached hydrogen (secondary N) is 1. The van der Waals surface area contributed by atoms with E-state index in [0.29, 0.717) is 38.7 Å². The number of carbonyl (C=O) groups is 1. The molecule has 1 rings (SSSR count). The molecule has 1 fully saturated rings. The highest BCUT2D eigenvalue weighted by Crippen LogP contribution is 2.02. The van der Waals surface area contributed by atoms with Crippen molar-refractivity contribution in [2.24, 2.45) is 4.99 Å². The first-order valence-corrected chi connectivity index (χ1v) is 8.63. The fourth-order valence-electron chi connectivity index (χ4n) is 2.03. The van der Waals surface area contributed by atoms with Gasteiger partial charge in [-0.3, -0.25) is 9.79 Å². The molecule has 0 aliphatic carbocycles. The summed E-state index contributed by atoms with van der Waals surface area (Å²) in [5, 5.41) is 3.07. The molecule has 1 amide bonds. The Morgan fingerprint density at radius 1 is 1.20 bits per heavy atom. The van der Waals surface area contributed by atoms with E-state index >= 15 is 0 Å².